The van der Waals surface area contributed by atoms with Crippen LogP contribution in [0, 0.1) is 0 Å². The highest BCUT2D eigenvalue weighted by Gasteiger charge is 2.38. The molecule has 0 bridgehead atoms. The Bertz CT molecular complexity index is 1180. The molecular weight excluding hydrogens is 579 g/mol. The molecule has 0 saturated carbocycles. The number of rotatable bonds is 15. The molecule has 0 aliphatic heterocycles. The molecule has 1 aliphatic carbocycles. The first-order valence-corrected chi connectivity index (χ1v) is 13.2. The first-order chi connectivity index (χ1) is 20.5. The SMILES string of the molecule is NCCN(CC(=O)NCCOCCOCCC(=O)O)C(=O)OCC1c2ccccc2-c2ccccc21.O=C(O)C(F)(F)F. The first-order valence-electron chi connectivity index (χ1n) is 13.2. The molecule has 3 rings (SSSR count). The van der Waals surface area contributed by atoms with Crippen molar-refractivity contribution in [2.75, 3.05) is 59.2 Å². The summed E-state index contributed by atoms with van der Waals surface area (Å²) in [6.45, 7) is 1.58. The van der Waals surface area contributed by atoms with Crippen LogP contribution >= 0.6 is 0 Å². The third kappa shape index (κ3) is 11.9. The topological polar surface area (TPSA) is 178 Å². The van der Waals surface area contributed by atoms with E-state index in [0.29, 0.717) is 0 Å². The molecule has 1 aliphatic rings. The number of nitrogens with two attached hydrogens (primary N) is 1. The molecule has 2 aromatic rings. The Morgan fingerprint density at radius 2 is 1.42 bits per heavy atom. The van der Waals surface area contributed by atoms with E-state index in [9.17, 15) is 27.6 Å². The van der Waals surface area contributed by atoms with Crippen molar-refractivity contribution in [1.29, 1.82) is 0 Å². The van der Waals surface area contributed by atoms with E-state index in [1.807, 2.05) is 36.4 Å². The van der Waals surface area contributed by atoms with Crippen molar-refractivity contribution in [3.63, 3.8) is 0 Å². The molecule has 0 heterocycles. The number of amides is 2. The van der Waals surface area contributed by atoms with Crippen LogP contribution in [-0.4, -0.2) is 104 Å². The number of carbonyl (C=O) groups excluding carboxylic acids is 2. The number of ether oxygens (including phenoxy) is 3. The van der Waals surface area contributed by atoms with Crippen LogP contribution in [0.3, 0.4) is 0 Å². The fourth-order valence-electron chi connectivity index (χ4n) is 4.05. The predicted octanol–water partition coefficient (Wildman–Crippen LogP) is 2.45. The molecule has 0 radical (unpaired) electrons. The van der Waals surface area contributed by atoms with Gasteiger partial charge in [0.05, 0.1) is 32.8 Å². The number of aliphatic carboxylic acids is 2. The van der Waals surface area contributed by atoms with E-state index in [2.05, 4.69) is 17.4 Å². The van der Waals surface area contributed by atoms with Crippen LogP contribution in [0.25, 0.3) is 11.1 Å². The molecule has 0 saturated heterocycles. The zero-order valence-corrected chi connectivity index (χ0v) is 23.2. The van der Waals surface area contributed by atoms with Gasteiger partial charge < -0.3 is 35.5 Å². The number of nitrogens with one attached hydrogen (secondary N) is 1. The minimum atomic E-state index is -5.08. The van der Waals surface area contributed by atoms with E-state index in [4.69, 9.17) is 35.0 Å². The number of fused-ring (bicyclic) bond motifs is 3. The molecule has 0 unspecified atom stereocenters. The molecule has 2 aromatic carbocycles. The lowest BCUT2D eigenvalue weighted by Crippen LogP contribution is -2.44. The van der Waals surface area contributed by atoms with E-state index in [-0.39, 0.29) is 77.5 Å². The Morgan fingerprint density at radius 1 is 0.884 bits per heavy atom. The minimum absolute atomic E-state index is 0.0565. The molecule has 0 aromatic heterocycles. The van der Waals surface area contributed by atoms with Crippen molar-refractivity contribution < 1.29 is 56.8 Å². The van der Waals surface area contributed by atoms with Gasteiger partial charge in [0.15, 0.2) is 0 Å². The Labute approximate surface area is 245 Å². The Kier molecular flexibility index (Phi) is 14.4. The number of carbonyl (C=O) groups is 4. The largest absolute Gasteiger partial charge is 0.490 e. The zero-order chi connectivity index (χ0) is 31.8. The smallest absolute Gasteiger partial charge is 0.481 e. The van der Waals surface area contributed by atoms with Crippen LogP contribution in [-0.2, 0) is 28.6 Å². The summed E-state index contributed by atoms with van der Waals surface area (Å²) in [5.41, 5.74) is 10.2. The second-order valence-electron chi connectivity index (χ2n) is 9.04. The van der Waals surface area contributed by atoms with Gasteiger partial charge in [-0.2, -0.15) is 13.2 Å². The third-order valence-corrected chi connectivity index (χ3v) is 5.97. The Balaban J connectivity index is 0.000000821. The van der Waals surface area contributed by atoms with Gasteiger partial charge >= 0.3 is 24.2 Å². The molecule has 43 heavy (non-hydrogen) atoms. The maximum absolute atomic E-state index is 12.8. The predicted molar refractivity (Wildman–Crippen MR) is 146 cm³/mol. The van der Waals surface area contributed by atoms with Gasteiger partial charge in [0.2, 0.25) is 5.91 Å². The minimum Gasteiger partial charge on any atom is -0.481 e. The Morgan fingerprint density at radius 3 is 1.93 bits per heavy atom. The number of hydrogen-bond acceptors (Lipinski definition) is 8. The van der Waals surface area contributed by atoms with Crippen LogP contribution in [0.4, 0.5) is 18.0 Å². The third-order valence-electron chi connectivity index (χ3n) is 5.97. The highest BCUT2D eigenvalue weighted by Crippen LogP contribution is 2.44. The molecule has 12 nitrogen and oxygen atoms in total. The number of benzene rings is 2. The van der Waals surface area contributed by atoms with Crippen molar-refractivity contribution in [2.24, 2.45) is 5.73 Å². The molecule has 15 heteroatoms. The average molecular weight is 614 g/mol. The van der Waals surface area contributed by atoms with E-state index in [1.165, 1.54) is 4.90 Å². The van der Waals surface area contributed by atoms with Gasteiger partial charge in [0, 0.05) is 25.6 Å². The quantitative estimate of drug-likeness (QED) is 0.218. The van der Waals surface area contributed by atoms with Gasteiger partial charge in [-0.15, -0.1) is 0 Å². The molecule has 0 atom stereocenters. The summed E-state index contributed by atoms with van der Waals surface area (Å²) in [6.07, 6.45) is -5.73. The molecule has 236 valence electrons. The molecule has 5 N–H and O–H groups in total. The average Bonchev–Trinajstić information content (AvgIpc) is 3.28. The van der Waals surface area contributed by atoms with E-state index >= 15 is 0 Å². The van der Waals surface area contributed by atoms with Crippen molar-refractivity contribution >= 4 is 23.9 Å². The highest BCUT2D eigenvalue weighted by molar-refractivity contribution is 5.82. The summed E-state index contributed by atoms with van der Waals surface area (Å²) in [6, 6.07) is 16.2. The summed E-state index contributed by atoms with van der Waals surface area (Å²) in [4.78, 5) is 45.7. The van der Waals surface area contributed by atoms with Gasteiger partial charge in [-0.1, -0.05) is 48.5 Å². The first kappa shape index (κ1) is 35.0. The van der Waals surface area contributed by atoms with Crippen LogP contribution in [0.1, 0.15) is 23.5 Å². The summed E-state index contributed by atoms with van der Waals surface area (Å²) >= 11 is 0. The van der Waals surface area contributed by atoms with Gasteiger partial charge in [0.1, 0.15) is 13.2 Å². The monoisotopic (exact) mass is 613 g/mol. The van der Waals surface area contributed by atoms with Crippen LogP contribution in [0.2, 0.25) is 0 Å². The molecule has 0 spiro atoms. The maximum Gasteiger partial charge on any atom is 0.490 e. The second kappa shape index (κ2) is 17.7. The van der Waals surface area contributed by atoms with Crippen molar-refractivity contribution in [2.45, 2.75) is 18.5 Å². The number of alkyl halides is 3. The fourth-order valence-corrected chi connectivity index (χ4v) is 4.05. The lowest BCUT2D eigenvalue weighted by atomic mass is 9.98. The number of halogens is 3. The standard InChI is InChI=1S/C26H33N3O7.C2HF3O2/c27-10-12-29(17-24(30)28-11-14-35-16-15-34-13-9-25(31)32)26(33)36-18-23-21-7-3-1-5-19(21)20-6-2-4-8-22(20)23;3-2(4,5)1(6)7/h1-8,23H,9-18,27H2,(H,28,30)(H,31,32);(H,6,7). The van der Waals surface area contributed by atoms with Crippen molar-refractivity contribution in [1.82, 2.24) is 10.2 Å². The normalized spacial score (nSPS) is 11.9. The van der Waals surface area contributed by atoms with Gasteiger partial charge in [-0.05, 0) is 22.3 Å². The summed E-state index contributed by atoms with van der Waals surface area (Å²) in [7, 11) is 0. The number of carboxylic acid groups (broad SMARTS) is 2. The Hall–Kier alpha value is -4.21. The highest BCUT2D eigenvalue weighted by atomic mass is 19.4. The summed E-state index contributed by atoms with van der Waals surface area (Å²) in [5.74, 6) is -4.09. The van der Waals surface area contributed by atoms with Crippen LogP contribution < -0.4 is 11.1 Å². The van der Waals surface area contributed by atoms with Crippen LogP contribution in [0.5, 0.6) is 0 Å². The van der Waals surface area contributed by atoms with E-state index in [0.717, 1.165) is 22.3 Å². The van der Waals surface area contributed by atoms with E-state index in [1.54, 1.807) is 0 Å². The fraction of sp³-hybridized carbons (Fsp3) is 0.429. The van der Waals surface area contributed by atoms with Crippen molar-refractivity contribution in [3.8, 4) is 11.1 Å². The lowest BCUT2D eigenvalue weighted by molar-refractivity contribution is -0.192. The van der Waals surface area contributed by atoms with Crippen molar-refractivity contribution in [3.05, 3.63) is 59.7 Å². The molecule has 2 amide bonds. The van der Waals surface area contributed by atoms with Gasteiger partial charge in [-0.3, -0.25) is 14.5 Å². The second-order valence-corrected chi connectivity index (χ2v) is 9.04. The van der Waals surface area contributed by atoms with Crippen LogP contribution in [0.15, 0.2) is 48.5 Å². The number of nitrogens with zero attached hydrogens (tertiary/aromatic N) is 1. The van der Waals surface area contributed by atoms with E-state index < -0.39 is 24.2 Å². The number of hydrogen-bond donors (Lipinski definition) is 4. The maximum atomic E-state index is 12.8. The van der Waals surface area contributed by atoms with Gasteiger partial charge in [0.25, 0.3) is 0 Å². The molecule has 0 fully saturated rings. The summed E-state index contributed by atoms with van der Waals surface area (Å²) < 4.78 is 47.8. The lowest BCUT2D eigenvalue weighted by Gasteiger charge is -2.22. The molecular formula is C28H34F3N3O9. The summed E-state index contributed by atoms with van der Waals surface area (Å²) in [5, 5.41) is 18.3. The number of carboxylic acids is 2. The zero-order valence-electron chi connectivity index (χ0n) is 23.2. The van der Waals surface area contributed by atoms with Gasteiger partial charge in [-0.25, -0.2) is 9.59 Å².